The van der Waals surface area contributed by atoms with E-state index in [0.717, 1.165) is 42.4 Å². The van der Waals surface area contributed by atoms with Gasteiger partial charge in [-0.3, -0.25) is 9.98 Å². The van der Waals surface area contributed by atoms with Crippen LogP contribution in [0.1, 0.15) is 6.92 Å². The van der Waals surface area contributed by atoms with Crippen LogP contribution in [0.5, 0.6) is 0 Å². The maximum Gasteiger partial charge on any atom is 0.195 e. The highest BCUT2D eigenvalue weighted by Crippen LogP contribution is 2.34. The average molecular weight is 422 g/mol. The highest BCUT2D eigenvalue weighted by molar-refractivity contribution is 8.13. The van der Waals surface area contributed by atoms with Crippen molar-refractivity contribution in [2.24, 2.45) is 17.1 Å². The molecule has 4 rings (SSSR count). The number of benzene rings is 1. The number of aliphatic imine (C=N–C) groups is 1. The molecule has 2 aromatic heterocycles. The van der Waals surface area contributed by atoms with Gasteiger partial charge in [0.2, 0.25) is 0 Å². The topological polar surface area (TPSA) is 71.6 Å². The zero-order chi connectivity index (χ0) is 20.4. The van der Waals surface area contributed by atoms with E-state index in [0.29, 0.717) is 0 Å². The Morgan fingerprint density at radius 2 is 2.07 bits per heavy atom. The molecule has 1 aliphatic heterocycles. The van der Waals surface area contributed by atoms with Crippen LogP contribution >= 0.6 is 23.5 Å². The van der Waals surface area contributed by atoms with E-state index in [1.807, 2.05) is 55.1 Å². The summed E-state index contributed by atoms with van der Waals surface area (Å²) in [4.78, 5) is 11.0. The van der Waals surface area contributed by atoms with E-state index in [2.05, 4.69) is 37.9 Å². The van der Waals surface area contributed by atoms with Crippen LogP contribution in [0, 0.1) is 0 Å². The van der Waals surface area contributed by atoms with Gasteiger partial charge in [0, 0.05) is 35.5 Å². The number of hydrogen-bond donors (Lipinski definition) is 0. The molecule has 3 aromatic rings. The monoisotopic (exact) mass is 421 g/mol. The molecule has 0 saturated heterocycles. The SMILES string of the molecule is C=C1C=CC(C)=NN1C(=NC)Sc1ccc2nccc(Sc3nncn3C)c2c1. The van der Waals surface area contributed by atoms with E-state index < -0.39 is 0 Å². The summed E-state index contributed by atoms with van der Waals surface area (Å²) in [7, 11) is 3.69. The lowest BCUT2D eigenvalue weighted by molar-refractivity contribution is 0.576. The van der Waals surface area contributed by atoms with Gasteiger partial charge >= 0.3 is 0 Å². The molecule has 0 unspecified atom stereocenters. The number of nitrogens with zero attached hydrogens (tertiary/aromatic N) is 7. The zero-order valence-corrected chi connectivity index (χ0v) is 17.9. The van der Waals surface area contributed by atoms with Crippen LogP contribution < -0.4 is 0 Å². The van der Waals surface area contributed by atoms with E-state index in [-0.39, 0.29) is 0 Å². The molecule has 0 saturated carbocycles. The summed E-state index contributed by atoms with van der Waals surface area (Å²) in [5.74, 6) is 0. The minimum absolute atomic E-state index is 0.754. The summed E-state index contributed by atoms with van der Waals surface area (Å²) in [5.41, 5.74) is 2.62. The van der Waals surface area contributed by atoms with Crippen molar-refractivity contribution in [3.63, 3.8) is 0 Å². The standard InChI is InChI=1S/C20H19N7S2/c1-13-5-6-14(2)27(25-13)19(21-3)28-15-7-8-17-16(11-15)18(9-10-22-17)29-20-24-23-12-26(20)4/h5-12H,2H2,1,3-4H3. The molecule has 0 atom stereocenters. The van der Waals surface area contributed by atoms with Gasteiger partial charge in [-0.05, 0) is 55.1 Å². The Hall–Kier alpha value is -2.91. The van der Waals surface area contributed by atoms with Gasteiger partial charge in [-0.1, -0.05) is 18.3 Å². The summed E-state index contributed by atoms with van der Waals surface area (Å²) in [6.45, 7) is 6.01. The molecule has 0 spiro atoms. The molecule has 0 N–H and O–H groups in total. The van der Waals surface area contributed by atoms with Crippen molar-refractivity contribution in [3.8, 4) is 0 Å². The average Bonchev–Trinajstić information content (AvgIpc) is 3.13. The molecule has 7 nitrogen and oxygen atoms in total. The number of allylic oxidation sites excluding steroid dienone is 2. The number of rotatable bonds is 3. The molecule has 0 radical (unpaired) electrons. The molecule has 0 amide bonds. The van der Waals surface area contributed by atoms with Gasteiger partial charge in [-0.25, -0.2) is 5.01 Å². The predicted molar refractivity (Wildman–Crippen MR) is 119 cm³/mol. The Kier molecular flexibility index (Phi) is 5.50. The predicted octanol–water partition coefficient (Wildman–Crippen LogP) is 4.35. The molecule has 1 aromatic carbocycles. The summed E-state index contributed by atoms with van der Waals surface area (Å²) >= 11 is 3.11. The normalized spacial score (nSPS) is 14.6. The Bertz CT molecular complexity index is 1180. The first-order chi connectivity index (χ1) is 14.0. The van der Waals surface area contributed by atoms with Gasteiger partial charge in [-0.2, -0.15) is 5.10 Å². The number of pyridine rings is 1. The maximum atomic E-state index is 4.55. The summed E-state index contributed by atoms with van der Waals surface area (Å²) < 4.78 is 1.90. The maximum absolute atomic E-state index is 4.55. The number of hydrazone groups is 1. The molecule has 0 aliphatic carbocycles. The molecule has 1 aliphatic rings. The third kappa shape index (κ3) is 4.10. The van der Waals surface area contributed by atoms with Crippen LogP contribution in [0.2, 0.25) is 0 Å². The number of amidine groups is 1. The van der Waals surface area contributed by atoms with Crippen LogP contribution in [0.4, 0.5) is 0 Å². The van der Waals surface area contributed by atoms with E-state index in [1.54, 1.807) is 30.1 Å². The van der Waals surface area contributed by atoms with Gasteiger partial charge in [0.25, 0.3) is 0 Å². The van der Waals surface area contributed by atoms with Gasteiger partial charge < -0.3 is 4.57 Å². The minimum Gasteiger partial charge on any atom is -0.311 e. The molecule has 0 fully saturated rings. The highest BCUT2D eigenvalue weighted by atomic mass is 32.2. The largest absolute Gasteiger partial charge is 0.311 e. The first kappa shape index (κ1) is 19.4. The van der Waals surface area contributed by atoms with E-state index in [4.69, 9.17) is 0 Å². The second-order valence-corrected chi connectivity index (χ2v) is 8.35. The number of aromatic nitrogens is 4. The lowest BCUT2D eigenvalue weighted by Crippen LogP contribution is -2.24. The van der Waals surface area contributed by atoms with Crippen molar-refractivity contribution >= 4 is 45.3 Å². The zero-order valence-electron chi connectivity index (χ0n) is 16.3. The van der Waals surface area contributed by atoms with Gasteiger partial charge in [0.1, 0.15) is 6.33 Å². The second kappa shape index (κ2) is 8.22. The Morgan fingerprint density at radius 1 is 1.21 bits per heavy atom. The fourth-order valence-corrected chi connectivity index (χ4v) is 4.45. The smallest absolute Gasteiger partial charge is 0.195 e. The highest BCUT2D eigenvalue weighted by Gasteiger charge is 2.17. The van der Waals surface area contributed by atoms with Crippen molar-refractivity contribution in [1.82, 2.24) is 24.8 Å². The van der Waals surface area contributed by atoms with Crippen LogP contribution in [-0.2, 0) is 7.05 Å². The first-order valence-corrected chi connectivity index (χ1v) is 10.5. The minimum atomic E-state index is 0.754. The first-order valence-electron chi connectivity index (χ1n) is 8.83. The van der Waals surface area contributed by atoms with Crippen molar-refractivity contribution < 1.29 is 0 Å². The van der Waals surface area contributed by atoms with Crippen molar-refractivity contribution in [1.29, 1.82) is 0 Å². The molecular weight excluding hydrogens is 402 g/mol. The van der Waals surface area contributed by atoms with Crippen LogP contribution in [0.25, 0.3) is 10.9 Å². The Labute approximate surface area is 177 Å². The Morgan fingerprint density at radius 3 is 2.83 bits per heavy atom. The van der Waals surface area contributed by atoms with Gasteiger partial charge in [-0.15, -0.1) is 10.2 Å². The van der Waals surface area contributed by atoms with Crippen molar-refractivity contribution in [3.05, 3.63) is 61.2 Å². The third-order valence-electron chi connectivity index (χ3n) is 4.17. The fourth-order valence-electron chi connectivity index (χ4n) is 2.71. The molecule has 9 heteroatoms. The van der Waals surface area contributed by atoms with Crippen molar-refractivity contribution in [2.45, 2.75) is 21.9 Å². The molecule has 3 heterocycles. The lowest BCUT2D eigenvalue weighted by atomic mass is 10.2. The third-order valence-corrected chi connectivity index (χ3v) is 6.33. The number of thioether (sulfide) groups is 1. The summed E-state index contributed by atoms with van der Waals surface area (Å²) in [6, 6.07) is 8.18. The molecule has 146 valence electrons. The molecule has 29 heavy (non-hydrogen) atoms. The van der Waals surface area contributed by atoms with Gasteiger partial charge in [0.05, 0.1) is 16.9 Å². The lowest BCUT2D eigenvalue weighted by Gasteiger charge is -2.23. The van der Waals surface area contributed by atoms with E-state index in [9.17, 15) is 0 Å². The quantitative estimate of drug-likeness (QED) is 0.356. The fraction of sp³-hybridized carbons (Fsp3) is 0.150. The number of hydrogen-bond acceptors (Lipinski definition) is 7. The summed E-state index contributed by atoms with van der Waals surface area (Å²) in [6.07, 6.45) is 7.39. The Balaban J connectivity index is 1.66. The van der Waals surface area contributed by atoms with Gasteiger partial charge in [0.15, 0.2) is 10.3 Å². The number of fused-ring (bicyclic) bond motifs is 1. The van der Waals surface area contributed by atoms with Crippen molar-refractivity contribution in [2.75, 3.05) is 7.05 Å². The number of aryl methyl sites for hydroxylation is 1. The van der Waals surface area contributed by atoms with E-state index in [1.165, 1.54) is 11.8 Å². The molecule has 0 bridgehead atoms. The van der Waals surface area contributed by atoms with Crippen LogP contribution in [0.3, 0.4) is 0 Å². The molecular formula is C20H19N7S2. The van der Waals surface area contributed by atoms with Crippen LogP contribution in [-0.4, -0.2) is 42.7 Å². The second-order valence-electron chi connectivity index (χ2n) is 6.30. The van der Waals surface area contributed by atoms with Crippen LogP contribution in [0.15, 0.2) is 86.3 Å². The summed E-state index contributed by atoms with van der Waals surface area (Å²) in [5, 5.41) is 17.1. The van der Waals surface area contributed by atoms with E-state index >= 15 is 0 Å².